The van der Waals surface area contributed by atoms with Gasteiger partial charge in [-0.25, -0.2) is 0 Å². The van der Waals surface area contributed by atoms with Gasteiger partial charge in [-0.15, -0.1) is 11.3 Å². The van der Waals surface area contributed by atoms with Crippen LogP contribution in [0.15, 0.2) is 41.8 Å². The lowest BCUT2D eigenvalue weighted by Crippen LogP contribution is -2.31. The van der Waals surface area contributed by atoms with E-state index in [0.717, 1.165) is 50.7 Å². The molecular weight excluding hydrogens is 366 g/mol. The Hall–Kier alpha value is -1.40. The van der Waals surface area contributed by atoms with Crippen molar-refractivity contribution in [2.75, 3.05) is 53.4 Å². The van der Waals surface area contributed by atoms with E-state index in [4.69, 9.17) is 4.74 Å². The first-order valence-corrected chi connectivity index (χ1v) is 11.4. The number of ether oxygens (including phenoxy) is 1. The van der Waals surface area contributed by atoms with Crippen molar-refractivity contribution in [3.05, 3.63) is 52.2 Å². The Morgan fingerprint density at radius 3 is 2.82 bits per heavy atom. The molecule has 0 spiro atoms. The highest BCUT2D eigenvalue weighted by molar-refractivity contribution is 7.10. The molecule has 1 aromatic carbocycles. The highest BCUT2D eigenvalue weighted by atomic mass is 32.1. The van der Waals surface area contributed by atoms with E-state index in [2.05, 4.69) is 70.9 Å². The number of para-hydroxylation sites is 1. The first kappa shape index (κ1) is 21.3. The van der Waals surface area contributed by atoms with Crippen LogP contribution in [0.4, 0.5) is 0 Å². The summed E-state index contributed by atoms with van der Waals surface area (Å²) in [6.45, 7) is 9.11. The molecule has 1 aromatic heterocycles. The Morgan fingerprint density at radius 2 is 2.04 bits per heavy atom. The minimum absolute atomic E-state index is 0.112. The number of rotatable bonds is 9. The molecule has 2 aromatic rings. The van der Waals surface area contributed by atoms with Crippen LogP contribution >= 0.6 is 11.3 Å². The largest absolute Gasteiger partial charge is 0.485 e. The summed E-state index contributed by atoms with van der Waals surface area (Å²) >= 11 is 1.78. The van der Waals surface area contributed by atoms with Gasteiger partial charge in [0.15, 0.2) is 0 Å². The van der Waals surface area contributed by atoms with Gasteiger partial charge in [0.25, 0.3) is 0 Å². The first-order valence-electron chi connectivity index (χ1n) is 10.5. The van der Waals surface area contributed by atoms with Gasteiger partial charge in [0.05, 0.1) is 0 Å². The minimum Gasteiger partial charge on any atom is -0.485 e. The molecule has 3 rings (SSSR count). The van der Waals surface area contributed by atoms with Crippen molar-refractivity contribution in [2.45, 2.75) is 25.9 Å². The fourth-order valence-electron chi connectivity index (χ4n) is 3.99. The van der Waals surface area contributed by atoms with Gasteiger partial charge in [-0.3, -0.25) is 0 Å². The Labute approximate surface area is 174 Å². The Morgan fingerprint density at radius 1 is 1.18 bits per heavy atom. The van der Waals surface area contributed by atoms with Crippen LogP contribution in [-0.4, -0.2) is 63.2 Å². The maximum atomic E-state index is 6.54. The summed E-state index contributed by atoms with van der Waals surface area (Å²) in [5, 5.41) is 5.39. The minimum atomic E-state index is 0.112. The molecule has 2 heterocycles. The summed E-state index contributed by atoms with van der Waals surface area (Å²) in [6, 6.07) is 12.9. The van der Waals surface area contributed by atoms with Gasteiger partial charge in [-0.1, -0.05) is 31.2 Å². The van der Waals surface area contributed by atoms with Gasteiger partial charge in [0.1, 0.15) is 11.9 Å². The third-order valence-electron chi connectivity index (χ3n) is 5.45. The molecule has 1 N–H and O–H groups in total. The number of nitrogens with one attached hydrogen (secondary N) is 1. The van der Waals surface area contributed by atoms with Crippen molar-refractivity contribution in [3.8, 4) is 5.75 Å². The first-order chi connectivity index (χ1) is 13.7. The fraction of sp³-hybridized carbons (Fsp3) is 0.565. The third-order valence-corrected chi connectivity index (χ3v) is 6.41. The smallest absolute Gasteiger partial charge is 0.134 e. The van der Waals surface area contributed by atoms with Crippen LogP contribution in [0.1, 0.15) is 29.9 Å². The van der Waals surface area contributed by atoms with Crippen LogP contribution in [0.25, 0.3) is 0 Å². The van der Waals surface area contributed by atoms with Gasteiger partial charge in [-0.2, -0.15) is 0 Å². The molecule has 5 heteroatoms. The van der Waals surface area contributed by atoms with Crippen LogP contribution in [0.2, 0.25) is 0 Å². The van der Waals surface area contributed by atoms with Crippen molar-refractivity contribution >= 4 is 11.3 Å². The second kappa shape index (κ2) is 11.0. The normalized spacial score (nSPS) is 20.0. The number of benzene rings is 1. The summed E-state index contributed by atoms with van der Waals surface area (Å²) in [5.41, 5.74) is 1.32. The highest BCUT2D eigenvalue weighted by Gasteiger charge is 2.19. The molecule has 0 radical (unpaired) electrons. The van der Waals surface area contributed by atoms with E-state index < -0.39 is 0 Å². The number of thiophene rings is 1. The number of nitrogens with zero attached hydrogens (tertiary/aromatic N) is 2. The van der Waals surface area contributed by atoms with Gasteiger partial charge in [0, 0.05) is 44.0 Å². The fourth-order valence-corrected chi connectivity index (χ4v) is 4.78. The summed E-state index contributed by atoms with van der Waals surface area (Å²) in [6.07, 6.45) is 2.12. The molecule has 1 saturated heterocycles. The molecule has 2 atom stereocenters. The van der Waals surface area contributed by atoms with Gasteiger partial charge in [-0.05, 0) is 56.1 Å². The van der Waals surface area contributed by atoms with E-state index >= 15 is 0 Å². The Kier molecular flexibility index (Phi) is 8.34. The van der Waals surface area contributed by atoms with Crippen molar-refractivity contribution in [3.63, 3.8) is 0 Å². The van der Waals surface area contributed by atoms with Crippen molar-refractivity contribution in [1.82, 2.24) is 15.1 Å². The zero-order chi connectivity index (χ0) is 19.8. The van der Waals surface area contributed by atoms with Crippen LogP contribution in [0.5, 0.6) is 5.75 Å². The molecule has 1 aliphatic rings. The predicted molar refractivity (Wildman–Crippen MR) is 119 cm³/mol. The van der Waals surface area contributed by atoms with Crippen molar-refractivity contribution in [1.29, 1.82) is 0 Å². The van der Waals surface area contributed by atoms with Gasteiger partial charge < -0.3 is 19.9 Å². The maximum Gasteiger partial charge on any atom is 0.134 e. The number of hydrogen-bond acceptors (Lipinski definition) is 5. The zero-order valence-electron chi connectivity index (χ0n) is 17.6. The van der Waals surface area contributed by atoms with E-state index in [1.165, 1.54) is 23.5 Å². The van der Waals surface area contributed by atoms with Gasteiger partial charge >= 0.3 is 0 Å². The van der Waals surface area contributed by atoms with E-state index in [1.807, 2.05) is 7.05 Å². The molecule has 0 bridgehead atoms. The molecule has 1 fully saturated rings. The SMILES string of the molecule is CNCCC(Oc1ccccc1CCN1CCN(C)CC(C)C1)c1cccs1. The highest BCUT2D eigenvalue weighted by Crippen LogP contribution is 2.30. The number of likely N-dealkylation sites (N-methyl/N-ethyl adjacent to an activating group) is 1. The molecule has 1 aliphatic heterocycles. The van der Waals surface area contributed by atoms with Crippen LogP contribution in [0, 0.1) is 5.92 Å². The summed E-state index contributed by atoms with van der Waals surface area (Å²) in [5.74, 6) is 1.76. The molecule has 0 amide bonds. The Bertz CT molecular complexity index is 691. The van der Waals surface area contributed by atoms with Crippen molar-refractivity contribution in [2.24, 2.45) is 5.92 Å². The topological polar surface area (TPSA) is 27.7 Å². The monoisotopic (exact) mass is 401 g/mol. The standard InChI is InChI=1S/C23H35N3OS/c1-19-17-25(3)14-15-26(18-19)13-11-20-7-4-5-8-21(20)27-22(10-12-24-2)23-9-6-16-28-23/h4-9,16,19,22,24H,10-15,17-18H2,1-3H3. The summed E-state index contributed by atoms with van der Waals surface area (Å²) in [7, 11) is 4.23. The van der Waals surface area contributed by atoms with E-state index in [0.29, 0.717) is 0 Å². The van der Waals surface area contributed by atoms with Crippen molar-refractivity contribution < 1.29 is 4.74 Å². The number of hydrogen-bond donors (Lipinski definition) is 1. The van der Waals surface area contributed by atoms with E-state index in [9.17, 15) is 0 Å². The predicted octanol–water partition coefficient (Wildman–Crippen LogP) is 3.90. The second-order valence-electron chi connectivity index (χ2n) is 8.04. The van der Waals surface area contributed by atoms with Crippen LogP contribution < -0.4 is 10.1 Å². The maximum absolute atomic E-state index is 6.54. The quantitative estimate of drug-likeness (QED) is 0.690. The molecule has 4 nitrogen and oxygen atoms in total. The lowest BCUT2D eigenvalue weighted by Gasteiger charge is -2.24. The molecule has 154 valence electrons. The second-order valence-corrected chi connectivity index (χ2v) is 9.02. The van der Waals surface area contributed by atoms with Gasteiger partial charge in [0.2, 0.25) is 0 Å². The van der Waals surface area contributed by atoms with E-state index in [1.54, 1.807) is 11.3 Å². The van der Waals surface area contributed by atoms with Crippen LogP contribution in [-0.2, 0) is 6.42 Å². The average molecular weight is 402 g/mol. The summed E-state index contributed by atoms with van der Waals surface area (Å²) in [4.78, 5) is 6.37. The van der Waals surface area contributed by atoms with Crippen LogP contribution in [0.3, 0.4) is 0 Å². The zero-order valence-corrected chi connectivity index (χ0v) is 18.4. The molecule has 0 aliphatic carbocycles. The average Bonchev–Trinajstić information content (AvgIpc) is 3.17. The van der Waals surface area contributed by atoms with E-state index in [-0.39, 0.29) is 6.10 Å². The molecule has 0 saturated carbocycles. The summed E-state index contributed by atoms with van der Waals surface area (Å²) < 4.78 is 6.54. The molecular formula is C23H35N3OS. The molecule has 2 unspecified atom stereocenters. The third kappa shape index (κ3) is 6.31. The lowest BCUT2D eigenvalue weighted by molar-refractivity contribution is 0.195. The lowest BCUT2D eigenvalue weighted by atomic mass is 10.1. The Balaban J connectivity index is 1.65. The molecule has 28 heavy (non-hydrogen) atoms.